The molecule has 1 aliphatic rings. The van der Waals surface area contributed by atoms with Crippen LogP contribution in [0, 0.1) is 17.0 Å². The van der Waals surface area contributed by atoms with Crippen LogP contribution >= 0.6 is 0 Å². The lowest BCUT2D eigenvalue weighted by atomic mass is 9.83. The topological polar surface area (TPSA) is 135 Å². The molecule has 2 N–H and O–H groups in total. The van der Waals surface area contributed by atoms with Crippen molar-refractivity contribution in [1.29, 1.82) is 0 Å². The third-order valence-corrected chi connectivity index (χ3v) is 4.07. The van der Waals surface area contributed by atoms with E-state index in [9.17, 15) is 19.7 Å². The Balaban J connectivity index is 2.23. The van der Waals surface area contributed by atoms with Gasteiger partial charge >= 0.3 is 11.6 Å². The number of aryl methyl sites for hydroxylation is 1. The van der Waals surface area contributed by atoms with Crippen molar-refractivity contribution in [1.82, 2.24) is 0 Å². The summed E-state index contributed by atoms with van der Waals surface area (Å²) in [6.07, 6.45) is 0. The van der Waals surface area contributed by atoms with E-state index in [-0.39, 0.29) is 35.1 Å². The summed E-state index contributed by atoms with van der Waals surface area (Å²) in [5.41, 5.74) is 5.58. The van der Waals surface area contributed by atoms with Crippen LogP contribution in [0.1, 0.15) is 29.7 Å². The van der Waals surface area contributed by atoms with Gasteiger partial charge in [-0.05, 0) is 19.4 Å². The average molecular weight is 372 g/mol. The van der Waals surface area contributed by atoms with Crippen LogP contribution in [-0.2, 0) is 9.53 Å². The zero-order valence-electron chi connectivity index (χ0n) is 14.6. The number of nitro groups is 1. The van der Waals surface area contributed by atoms with Gasteiger partial charge in [-0.3, -0.25) is 10.1 Å². The quantitative estimate of drug-likeness (QED) is 0.490. The van der Waals surface area contributed by atoms with E-state index in [1.807, 2.05) is 0 Å². The van der Waals surface area contributed by atoms with Crippen molar-refractivity contribution in [2.24, 2.45) is 5.73 Å². The van der Waals surface area contributed by atoms with Crippen LogP contribution in [0.25, 0.3) is 0 Å². The molecule has 9 nitrogen and oxygen atoms in total. The Labute approximate surface area is 153 Å². The third-order valence-electron chi connectivity index (χ3n) is 4.07. The normalized spacial score (nSPS) is 15.7. The predicted octanol–water partition coefficient (Wildman–Crippen LogP) is 2.11. The van der Waals surface area contributed by atoms with Gasteiger partial charge in [-0.1, -0.05) is 12.1 Å². The van der Waals surface area contributed by atoms with E-state index in [1.165, 1.54) is 30.3 Å². The van der Waals surface area contributed by atoms with Crippen LogP contribution < -0.4 is 16.1 Å². The van der Waals surface area contributed by atoms with Crippen molar-refractivity contribution in [2.75, 3.05) is 6.61 Å². The zero-order chi connectivity index (χ0) is 19.7. The molecular weight excluding hydrogens is 356 g/mol. The molecule has 2 heterocycles. The molecule has 1 aliphatic heterocycles. The molecule has 27 heavy (non-hydrogen) atoms. The van der Waals surface area contributed by atoms with E-state index < -0.39 is 22.4 Å². The van der Waals surface area contributed by atoms with Crippen LogP contribution in [0.3, 0.4) is 0 Å². The molecule has 0 saturated carbocycles. The Bertz CT molecular complexity index is 1010. The number of nitrogens with two attached hydrogens (primary N) is 1. The minimum Gasteiger partial charge on any atom is -0.462 e. The SMILES string of the molecule is CCOC(=O)C1=C(N)Oc2cc(C)oc(=O)c2C1c1ccc([N+](=O)[O-])cc1. The summed E-state index contributed by atoms with van der Waals surface area (Å²) < 4.78 is 15.7. The number of non-ortho nitro benzene ring substituents is 1. The van der Waals surface area contributed by atoms with Gasteiger partial charge in [0.2, 0.25) is 5.88 Å². The number of fused-ring (bicyclic) bond motifs is 1. The first kappa shape index (κ1) is 18.2. The van der Waals surface area contributed by atoms with E-state index in [0.717, 1.165) is 0 Å². The molecule has 9 heteroatoms. The van der Waals surface area contributed by atoms with Gasteiger partial charge in [0.05, 0.1) is 23.0 Å². The first-order valence-electron chi connectivity index (χ1n) is 8.07. The molecule has 2 aromatic rings. The van der Waals surface area contributed by atoms with Crippen molar-refractivity contribution in [3.63, 3.8) is 0 Å². The van der Waals surface area contributed by atoms with Crippen molar-refractivity contribution in [3.8, 4) is 5.75 Å². The molecule has 0 amide bonds. The molecular formula is C18H16N2O7. The van der Waals surface area contributed by atoms with Crippen LogP contribution in [0.5, 0.6) is 5.75 Å². The Morgan fingerprint density at radius 3 is 2.59 bits per heavy atom. The van der Waals surface area contributed by atoms with Gasteiger partial charge in [-0.15, -0.1) is 0 Å². The number of rotatable bonds is 4. The number of esters is 1. The fraction of sp³-hybridized carbons (Fsp3) is 0.222. The second-order valence-corrected chi connectivity index (χ2v) is 5.80. The number of carbonyl (C=O) groups excluding carboxylic acids is 1. The average Bonchev–Trinajstić information content (AvgIpc) is 2.60. The molecule has 0 fully saturated rings. The van der Waals surface area contributed by atoms with E-state index in [0.29, 0.717) is 11.3 Å². The van der Waals surface area contributed by atoms with Crippen LogP contribution in [0.4, 0.5) is 5.69 Å². The molecule has 1 aromatic heterocycles. The molecule has 0 saturated heterocycles. The van der Waals surface area contributed by atoms with E-state index in [1.54, 1.807) is 13.8 Å². The zero-order valence-corrected chi connectivity index (χ0v) is 14.6. The molecule has 0 aliphatic carbocycles. The second kappa shape index (κ2) is 6.94. The standard InChI is InChI=1S/C18H16N2O7/c1-3-25-17(21)15-13(10-4-6-11(7-5-10)20(23)24)14-12(27-16(15)19)8-9(2)26-18(14)22/h4-8,13H,3,19H2,1-2H3. The molecule has 3 rings (SSSR count). The molecule has 1 unspecified atom stereocenters. The molecule has 1 aromatic carbocycles. The van der Waals surface area contributed by atoms with Crippen molar-refractivity contribution in [2.45, 2.75) is 19.8 Å². The predicted molar refractivity (Wildman–Crippen MR) is 93.1 cm³/mol. The van der Waals surface area contributed by atoms with Crippen molar-refractivity contribution in [3.05, 3.63) is 79.2 Å². The largest absolute Gasteiger partial charge is 0.462 e. The van der Waals surface area contributed by atoms with E-state index in [2.05, 4.69) is 0 Å². The number of carbonyl (C=O) groups is 1. The highest BCUT2D eigenvalue weighted by molar-refractivity contribution is 5.92. The van der Waals surface area contributed by atoms with Gasteiger partial charge in [-0.2, -0.15) is 0 Å². The van der Waals surface area contributed by atoms with Crippen molar-refractivity contribution < 1.29 is 23.6 Å². The summed E-state index contributed by atoms with van der Waals surface area (Å²) in [7, 11) is 0. The van der Waals surface area contributed by atoms with Gasteiger partial charge in [0.25, 0.3) is 5.69 Å². The highest BCUT2D eigenvalue weighted by atomic mass is 16.6. The summed E-state index contributed by atoms with van der Waals surface area (Å²) in [6, 6.07) is 6.94. The lowest BCUT2D eigenvalue weighted by Gasteiger charge is -2.27. The van der Waals surface area contributed by atoms with Crippen LogP contribution in [0.2, 0.25) is 0 Å². The minimum absolute atomic E-state index is 0.0608. The maximum Gasteiger partial charge on any atom is 0.343 e. The van der Waals surface area contributed by atoms with Crippen LogP contribution in [0.15, 0.2) is 51.0 Å². The first-order valence-corrected chi connectivity index (χ1v) is 8.07. The Kier molecular flexibility index (Phi) is 4.68. The lowest BCUT2D eigenvalue weighted by molar-refractivity contribution is -0.384. The monoisotopic (exact) mass is 372 g/mol. The van der Waals surface area contributed by atoms with E-state index >= 15 is 0 Å². The van der Waals surface area contributed by atoms with E-state index in [4.69, 9.17) is 19.6 Å². The summed E-state index contributed by atoms with van der Waals surface area (Å²) in [4.78, 5) is 35.3. The number of hydrogen-bond acceptors (Lipinski definition) is 8. The van der Waals surface area contributed by atoms with Gasteiger partial charge in [0.1, 0.15) is 17.1 Å². The Morgan fingerprint density at radius 1 is 1.33 bits per heavy atom. The van der Waals surface area contributed by atoms with Gasteiger partial charge in [0, 0.05) is 18.2 Å². The molecule has 0 radical (unpaired) electrons. The van der Waals surface area contributed by atoms with Crippen molar-refractivity contribution >= 4 is 11.7 Å². The third kappa shape index (κ3) is 3.26. The smallest absolute Gasteiger partial charge is 0.343 e. The Morgan fingerprint density at radius 2 is 2.00 bits per heavy atom. The number of ether oxygens (including phenoxy) is 2. The highest BCUT2D eigenvalue weighted by Gasteiger charge is 2.38. The number of nitrogens with zero attached hydrogens (tertiary/aromatic N) is 1. The van der Waals surface area contributed by atoms with Crippen LogP contribution in [-0.4, -0.2) is 17.5 Å². The number of benzene rings is 1. The lowest BCUT2D eigenvalue weighted by Crippen LogP contribution is -2.31. The summed E-state index contributed by atoms with van der Waals surface area (Å²) in [5, 5.41) is 10.9. The van der Waals surface area contributed by atoms with Gasteiger partial charge in [0.15, 0.2) is 0 Å². The second-order valence-electron chi connectivity index (χ2n) is 5.80. The number of nitro benzene ring substituents is 1. The molecule has 1 atom stereocenters. The highest BCUT2D eigenvalue weighted by Crippen LogP contribution is 2.41. The first-order chi connectivity index (χ1) is 12.8. The minimum atomic E-state index is -0.939. The summed E-state index contributed by atoms with van der Waals surface area (Å²) in [5.74, 6) is -1.41. The maximum absolute atomic E-state index is 12.5. The maximum atomic E-state index is 12.5. The molecule has 0 bridgehead atoms. The van der Waals surface area contributed by atoms with Gasteiger partial charge < -0.3 is 19.6 Å². The fourth-order valence-electron chi connectivity index (χ4n) is 2.95. The fourth-order valence-corrected chi connectivity index (χ4v) is 2.95. The van der Waals surface area contributed by atoms with Gasteiger partial charge in [-0.25, -0.2) is 9.59 Å². The molecule has 0 spiro atoms. The number of hydrogen-bond donors (Lipinski definition) is 1. The summed E-state index contributed by atoms with van der Waals surface area (Å²) >= 11 is 0. The summed E-state index contributed by atoms with van der Waals surface area (Å²) in [6.45, 7) is 3.30. The molecule has 140 valence electrons. The Hall–Kier alpha value is -3.62.